The monoisotopic (exact) mass is 332 g/mol. The maximum atomic E-state index is 12.3. The zero-order valence-electron chi connectivity index (χ0n) is 14.7. The summed E-state index contributed by atoms with van der Waals surface area (Å²) in [6.45, 7) is 9.31. The molecular weight excluding hydrogens is 308 g/mol. The minimum Gasteiger partial charge on any atom is -0.423 e. The molecule has 1 aromatic heterocycles. The smallest absolute Gasteiger partial charge is 0.336 e. The summed E-state index contributed by atoms with van der Waals surface area (Å²) < 4.78 is 10.9. The van der Waals surface area contributed by atoms with E-state index in [9.17, 15) is 9.59 Å². The van der Waals surface area contributed by atoms with Gasteiger partial charge in [0.1, 0.15) is 11.6 Å². The Bertz CT molecular complexity index is 805. The molecule has 1 amide bonds. The van der Waals surface area contributed by atoms with E-state index in [0.29, 0.717) is 11.3 Å². The molecule has 0 unspecified atom stereocenters. The predicted molar refractivity (Wildman–Crippen MR) is 94.1 cm³/mol. The third-order valence-electron chi connectivity index (χ3n) is 3.57. The molecule has 6 nitrogen and oxygen atoms in total. The number of hydrogen-bond acceptors (Lipinski definition) is 5. The van der Waals surface area contributed by atoms with E-state index in [4.69, 9.17) is 14.9 Å². The molecule has 1 heterocycles. The topological polar surface area (TPSA) is 94.6 Å². The summed E-state index contributed by atoms with van der Waals surface area (Å²) in [6, 6.07) is 5.77. The van der Waals surface area contributed by atoms with Gasteiger partial charge in [-0.1, -0.05) is 0 Å². The minimum absolute atomic E-state index is 0.360. The summed E-state index contributed by atoms with van der Waals surface area (Å²) in [6.07, 6.45) is -0.439. The average molecular weight is 332 g/mol. The molecule has 3 N–H and O–H groups in total. The second-order valence-electron chi connectivity index (χ2n) is 6.91. The van der Waals surface area contributed by atoms with Crippen molar-refractivity contribution in [2.45, 2.75) is 52.4 Å². The van der Waals surface area contributed by atoms with Gasteiger partial charge >= 0.3 is 5.63 Å². The van der Waals surface area contributed by atoms with Crippen molar-refractivity contribution in [3.63, 3.8) is 0 Å². The Morgan fingerprint density at radius 2 is 1.96 bits per heavy atom. The van der Waals surface area contributed by atoms with Crippen molar-refractivity contribution in [2.75, 3.05) is 5.32 Å². The normalized spacial score (nSPS) is 14.4. The van der Waals surface area contributed by atoms with E-state index in [-0.39, 0.29) is 11.5 Å². The summed E-state index contributed by atoms with van der Waals surface area (Å²) in [5.41, 5.74) is 6.91. The highest BCUT2D eigenvalue weighted by atomic mass is 16.5. The summed E-state index contributed by atoms with van der Waals surface area (Å²) in [7, 11) is 0. The molecule has 0 aliphatic heterocycles. The van der Waals surface area contributed by atoms with Crippen LogP contribution in [0, 0.1) is 6.92 Å². The quantitative estimate of drug-likeness (QED) is 0.839. The Hall–Kier alpha value is -2.18. The summed E-state index contributed by atoms with van der Waals surface area (Å²) in [4.78, 5) is 23.8. The van der Waals surface area contributed by atoms with Crippen LogP contribution in [0.4, 0.5) is 5.69 Å². The highest BCUT2D eigenvalue weighted by Crippen LogP contribution is 2.21. The fourth-order valence-corrected chi connectivity index (χ4v) is 2.47. The first kappa shape index (κ1) is 18.2. The van der Waals surface area contributed by atoms with E-state index in [0.717, 1.165) is 10.9 Å². The number of anilines is 1. The summed E-state index contributed by atoms with van der Waals surface area (Å²) >= 11 is 0. The van der Waals surface area contributed by atoms with Gasteiger partial charge in [-0.05, 0) is 52.3 Å². The summed E-state index contributed by atoms with van der Waals surface area (Å²) in [5.74, 6) is -0.360. The van der Waals surface area contributed by atoms with E-state index in [2.05, 4.69) is 5.32 Å². The van der Waals surface area contributed by atoms with E-state index in [1.54, 1.807) is 25.1 Å². The number of rotatable bonds is 4. The van der Waals surface area contributed by atoms with E-state index < -0.39 is 17.8 Å². The number of nitrogens with two attached hydrogens (primary N) is 1. The maximum Gasteiger partial charge on any atom is 0.336 e. The first-order valence-corrected chi connectivity index (χ1v) is 7.85. The van der Waals surface area contributed by atoms with Crippen LogP contribution >= 0.6 is 0 Å². The van der Waals surface area contributed by atoms with Crippen LogP contribution in [0.1, 0.15) is 33.3 Å². The van der Waals surface area contributed by atoms with Crippen molar-refractivity contribution in [2.24, 2.45) is 5.73 Å². The first-order chi connectivity index (χ1) is 11.1. The van der Waals surface area contributed by atoms with Gasteiger partial charge in [0.15, 0.2) is 0 Å². The number of carbonyl (C=O) groups is 1. The lowest BCUT2D eigenvalue weighted by molar-refractivity contribution is -0.124. The predicted octanol–water partition coefficient (Wildman–Crippen LogP) is 2.57. The standard InChI is InChI=1S/C18H24N2O4/c1-10-8-15(21)23-14-9-12(6-7-13(10)14)20-17(22)16(19)11(2)24-18(3,4)5/h6-9,11,16H,19H2,1-5H3,(H,20,22)/t11-,16-/m1/s1. The number of nitrogens with one attached hydrogen (secondary N) is 1. The molecule has 0 fully saturated rings. The summed E-state index contributed by atoms with van der Waals surface area (Å²) in [5, 5.41) is 3.55. The molecule has 6 heteroatoms. The third kappa shape index (κ3) is 4.43. The van der Waals surface area contributed by atoms with Crippen LogP contribution in [0.5, 0.6) is 0 Å². The Morgan fingerprint density at radius 1 is 1.29 bits per heavy atom. The van der Waals surface area contributed by atoms with E-state index >= 15 is 0 Å². The molecule has 0 aliphatic carbocycles. The minimum atomic E-state index is -0.815. The second kappa shape index (κ2) is 6.75. The van der Waals surface area contributed by atoms with Gasteiger partial charge in [0.25, 0.3) is 0 Å². The van der Waals surface area contributed by atoms with Crippen molar-refractivity contribution in [3.05, 3.63) is 40.2 Å². The van der Waals surface area contributed by atoms with Gasteiger partial charge in [-0.25, -0.2) is 4.79 Å². The zero-order chi connectivity index (χ0) is 18.1. The Kier molecular flexibility index (Phi) is 5.11. The average Bonchev–Trinajstić information content (AvgIpc) is 2.43. The zero-order valence-corrected chi connectivity index (χ0v) is 14.7. The number of amides is 1. The number of benzene rings is 1. The largest absolute Gasteiger partial charge is 0.423 e. The number of ether oxygens (including phenoxy) is 1. The molecule has 0 bridgehead atoms. The Labute approximate surface area is 141 Å². The fourth-order valence-electron chi connectivity index (χ4n) is 2.47. The molecular formula is C18H24N2O4. The number of carbonyl (C=O) groups excluding carboxylic acids is 1. The first-order valence-electron chi connectivity index (χ1n) is 7.85. The van der Waals surface area contributed by atoms with Gasteiger partial charge in [0, 0.05) is 23.2 Å². The van der Waals surface area contributed by atoms with E-state index in [1.165, 1.54) is 6.07 Å². The van der Waals surface area contributed by atoms with Gasteiger partial charge in [0.2, 0.25) is 5.91 Å². The van der Waals surface area contributed by atoms with E-state index in [1.807, 2.05) is 27.7 Å². The van der Waals surface area contributed by atoms with Crippen molar-refractivity contribution >= 4 is 22.6 Å². The van der Waals surface area contributed by atoms with Crippen LogP contribution in [0.25, 0.3) is 11.0 Å². The van der Waals surface area contributed by atoms with Crippen LogP contribution in [-0.4, -0.2) is 23.7 Å². The van der Waals surface area contributed by atoms with Gasteiger partial charge in [-0.15, -0.1) is 0 Å². The van der Waals surface area contributed by atoms with Crippen molar-refractivity contribution < 1.29 is 13.9 Å². The molecule has 0 saturated carbocycles. The number of fused-ring (bicyclic) bond motifs is 1. The number of hydrogen-bond donors (Lipinski definition) is 2. The Balaban J connectivity index is 2.17. The molecule has 2 atom stereocenters. The second-order valence-corrected chi connectivity index (χ2v) is 6.91. The molecule has 2 rings (SSSR count). The van der Waals surface area contributed by atoms with Crippen LogP contribution in [0.15, 0.2) is 33.5 Å². The highest BCUT2D eigenvalue weighted by Gasteiger charge is 2.26. The van der Waals surface area contributed by atoms with Crippen LogP contribution in [0.3, 0.4) is 0 Å². The van der Waals surface area contributed by atoms with Crippen LogP contribution in [-0.2, 0) is 9.53 Å². The maximum absolute atomic E-state index is 12.3. The molecule has 0 spiro atoms. The lowest BCUT2D eigenvalue weighted by Crippen LogP contribution is -2.47. The number of aryl methyl sites for hydroxylation is 1. The van der Waals surface area contributed by atoms with Crippen LogP contribution < -0.4 is 16.7 Å². The molecule has 0 radical (unpaired) electrons. The molecule has 2 aromatic rings. The van der Waals surface area contributed by atoms with Gasteiger partial charge in [-0.3, -0.25) is 4.79 Å². The van der Waals surface area contributed by atoms with Crippen molar-refractivity contribution in [1.29, 1.82) is 0 Å². The highest BCUT2D eigenvalue weighted by molar-refractivity contribution is 5.97. The van der Waals surface area contributed by atoms with Gasteiger partial charge in [-0.2, -0.15) is 0 Å². The molecule has 1 aromatic carbocycles. The SMILES string of the molecule is Cc1cc(=O)oc2cc(NC(=O)[C@H](N)[C@@H](C)OC(C)(C)C)ccc12. The van der Waals surface area contributed by atoms with Gasteiger partial charge < -0.3 is 20.2 Å². The van der Waals surface area contributed by atoms with Gasteiger partial charge in [0.05, 0.1) is 11.7 Å². The Morgan fingerprint density at radius 3 is 2.58 bits per heavy atom. The van der Waals surface area contributed by atoms with Crippen LogP contribution in [0.2, 0.25) is 0 Å². The third-order valence-corrected chi connectivity index (χ3v) is 3.57. The fraction of sp³-hybridized carbons (Fsp3) is 0.444. The molecule has 24 heavy (non-hydrogen) atoms. The van der Waals surface area contributed by atoms with Crippen molar-refractivity contribution in [3.8, 4) is 0 Å². The van der Waals surface area contributed by atoms with Crippen molar-refractivity contribution in [1.82, 2.24) is 0 Å². The lowest BCUT2D eigenvalue weighted by atomic mass is 10.1. The molecule has 130 valence electrons. The molecule has 0 saturated heterocycles. The lowest BCUT2D eigenvalue weighted by Gasteiger charge is -2.28. The molecule has 0 aliphatic rings.